The Morgan fingerprint density at radius 3 is 2.76 bits per heavy atom. The molecule has 1 heterocycles. The van der Waals surface area contributed by atoms with Gasteiger partial charge in [0, 0.05) is 13.1 Å². The molecule has 1 fully saturated rings. The van der Waals surface area contributed by atoms with Crippen molar-refractivity contribution in [3.63, 3.8) is 0 Å². The first-order valence-electron chi connectivity index (χ1n) is 7.31. The number of benzene rings is 2. The zero-order valence-corrected chi connectivity index (χ0v) is 12.1. The molecule has 1 unspecified atom stereocenters. The number of phenolic OH excluding ortho intramolecular Hbond substituents is 1. The third-order valence-electron chi connectivity index (χ3n) is 3.98. The summed E-state index contributed by atoms with van der Waals surface area (Å²) in [4.78, 5) is 14.4. The lowest BCUT2D eigenvalue weighted by atomic mass is 10.0. The highest BCUT2D eigenvalue weighted by Crippen LogP contribution is 2.26. The van der Waals surface area contributed by atoms with E-state index in [1.54, 1.807) is 17.0 Å². The number of carbonyl (C=O) groups excluding carboxylic acids is 1. The van der Waals surface area contributed by atoms with Crippen LogP contribution in [0.3, 0.4) is 0 Å². The summed E-state index contributed by atoms with van der Waals surface area (Å²) >= 11 is 0. The summed E-state index contributed by atoms with van der Waals surface area (Å²) in [6.45, 7) is 3.76. The molecule has 0 aliphatic carbocycles. The predicted molar refractivity (Wildman–Crippen MR) is 81.5 cm³/mol. The van der Waals surface area contributed by atoms with E-state index in [9.17, 15) is 9.90 Å². The van der Waals surface area contributed by atoms with Crippen LogP contribution in [-0.2, 0) is 4.74 Å². The fourth-order valence-corrected chi connectivity index (χ4v) is 2.72. The Kier molecular flexibility index (Phi) is 3.80. The minimum absolute atomic E-state index is 0.0400. The third kappa shape index (κ3) is 2.72. The molecule has 0 radical (unpaired) electrons. The molecule has 4 heteroatoms. The SMILES string of the molecule is CCC1CN(C(=O)c2cc3ccccc3cc2O)CCO1. The van der Waals surface area contributed by atoms with Gasteiger partial charge in [0.1, 0.15) is 5.75 Å². The van der Waals surface area contributed by atoms with Crippen LogP contribution in [0, 0.1) is 0 Å². The van der Waals surface area contributed by atoms with Crippen LogP contribution in [0.4, 0.5) is 0 Å². The van der Waals surface area contributed by atoms with Crippen LogP contribution < -0.4 is 0 Å². The first-order valence-corrected chi connectivity index (χ1v) is 7.31. The highest BCUT2D eigenvalue weighted by molar-refractivity contribution is 6.01. The molecule has 0 saturated carbocycles. The Balaban J connectivity index is 1.92. The number of aromatic hydroxyl groups is 1. The van der Waals surface area contributed by atoms with Crippen LogP contribution in [0.2, 0.25) is 0 Å². The zero-order valence-electron chi connectivity index (χ0n) is 12.1. The number of fused-ring (bicyclic) bond motifs is 1. The van der Waals surface area contributed by atoms with Crippen LogP contribution in [0.15, 0.2) is 36.4 Å². The summed E-state index contributed by atoms with van der Waals surface area (Å²) in [5.41, 5.74) is 0.366. The minimum atomic E-state index is -0.125. The molecule has 1 N–H and O–H groups in total. The molecule has 1 aliphatic heterocycles. The first-order chi connectivity index (χ1) is 10.2. The lowest BCUT2D eigenvalue weighted by Crippen LogP contribution is -2.45. The number of phenols is 1. The fraction of sp³-hybridized carbons (Fsp3) is 0.353. The van der Waals surface area contributed by atoms with Gasteiger partial charge in [-0.2, -0.15) is 0 Å². The van der Waals surface area contributed by atoms with Gasteiger partial charge in [0.15, 0.2) is 0 Å². The summed E-state index contributed by atoms with van der Waals surface area (Å²) in [6, 6.07) is 11.1. The van der Waals surface area contributed by atoms with E-state index < -0.39 is 0 Å². The average molecular weight is 285 g/mol. The number of hydrogen-bond donors (Lipinski definition) is 1. The van der Waals surface area contributed by atoms with E-state index in [-0.39, 0.29) is 17.8 Å². The Hall–Kier alpha value is -2.07. The van der Waals surface area contributed by atoms with Crippen LogP contribution in [0.25, 0.3) is 10.8 Å². The molecule has 0 spiro atoms. The van der Waals surface area contributed by atoms with E-state index in [1.807, 2.05) is 31.2 Å². The van der Waals surface area contributed by atoms with Gasteiger partial charge in [-0.3, -0.25) is 4.79 Å². The van der Waals surface area contributed by atoms with Crippen molar-refractivity contribution in [2.45, 2.75) is 19.4 Å². The summed E-state index contributed by atoms with van der Waals surface area (Å²) in [7, 11) is 0. The Labute approximate surface area is 123 Å². The molecule has 1 aliphatic rings. The van der Waals surface area contributed by atoms with Crippen LogP contribution in [0.1, 0.15) is 23.7 Å². The van der Waals surface area contributed by atoms with Gasteiger partial charge < -0.3 is 14.7 Å². The second kappa shape index (κ2) is 5.74. The van der Waals surface area contributed by atoms with Crippen molar-refractivity contribution in [2.24, 2.45) is 0 Å². The molecule has 4 nitrogen and oxygen atoms in total. The number of nitrogens with zero attached hydrogens (tertiary/aromatic N) is 1. The number of carbonyl (C=O) groups is 1. The van der Waals surface area contributed by atoms with Crippen molar-refractivity contribution >= 4 is 16.7 Å². The van der Waals surface area contributed by atoms with Crippen molar-refractivity contribution < 1.29 is 14.6 Å². The van der Waals surface area contributed by atoms with Gasteiger partial charge in [-0.05, 0) is 29.3 Å². The molecule has 3 rings (SSSR count). The molecule has 2 aromatic carbocycles. The van der Waals surface area contributed by atoms with E-state index in [0.717, 1.165) is 17.2 Å². The minimum Gasteiger partial charge on any atom is -0.507 e. The monoisotopic (exact) mass is 285 g/mol. The van der Waals surface area contributed by atoms with Crippen molar-refractivity contribution in [2.75, 3.05) is 19.7 Å². The van der Waals surface area contributed by atoms with Crippen molar-refractivity contribution in [1.82, 2.24) is 4.90 Å². The number of rotatable bonds is 2. The van der Waals surface area contributed by atoms with E-state index in [0.29, 0.717) is 25.3 Å². The average Bonchev–Trinajstić information content (AvgIpc) is 2.53. The smallest absolute Gasteiger partial charge is 0.257 e. The Morgan fingerprint density at radius 2 is 2.05 bits per heavy atom. The molecule has 1 atom stereocenters. The molecule has 0 aromatic heterocycles. The Bertz CT molecular complexity index is 668. The maximum atomic E-state index is 12.6. The number of morpholine rings is 1. The maximum Gasteiger partial charge on any atom is 0.257 e. The molecule has 1 saturated heterocycles. The second-order valence-corrected chi connectivity index (χ2v) is 5.37. The molecular weight excluding hydrogens is 266 g/mol. The van der Waals surface area contributed by atoms with Gasteiger partial charge in [-0.1, -0.05) is 31.2 Å². The summed E-state index contributed by atoms with van der Waals surface area (Å²) in [5, 5.41) is 12.0. The van der Waals surface area contributed by atoms with Crippen molar-refractivity contribution in [3.8, 4) is 5.75 Å². The van der Waals surface area contributed by atoms with Gasteiger partial charge in [-0.25, -0.2) is 0 Å². The lowest BCUT2D eigenvalue weighted by Gasteiger charge is -2.32. The second-order valence-electron chi connectivity index (χ2n) is 5.37. The van der Waals surface area contributed by atoms with Gasteiger partial charge in [-0.15, -0.1) is 0 Å². The summed E-state index contributed by atoms with van der Waals surface area (Å²) in [6.07, 6.45) is 0.971. The molecular formula is C17H19NO3. The molecule has 1 amide bonds. The molecule has 110 valence electrons. The molecule has 0 bridgehead atoms. The van der Waals surface area contributed by atoms with Crippen LogP contribution in [-0.4, -0.2) is 41.7 Å². The highest BCUT2D eigenvalue weighted by atomic mass is 16.5. The number of hydrogen-bond acceptors (Lipinski definition) is 3. The predicted octanol–water partition coefficient (Wildman–Crippen LogP) is 2.80. The first kappa shape index (κ1) is 13.9. The number of amides is 1. The largest absolute Gasteiger partial charge is 0.507 e. The normalized spacial score (nSPS) is 18.9. The van der Waals surface area contributed by atoms with E-state index in [4.69, 9.17) is 4.74 Å². The van der Waals surface area contributed by atoms with Crippen molar-refractivity contribution in [3.05, 3.63) is 42.0 Å². The zero-order chi connectivity index (χ0) is 14.8. The lowest BCUT2D eigenvalue weighted by molar-refractivity contribution is -0.0227. The third-order valence-corrected chi connectivity index (χ3v) is 3.98. The number of ether oxygens (including phenoxy) is 1. The fourth-order valence-electron chi connectivity index (χ4n) is 2.72. The quantitative estimate of drug-likeness (QED) is 0.923. The van der Waals surface area contributed by atoms with Gasteiger partial charge >= 0.3 is 0 Å². The summed E-state index contributed by atoms with van der Waals surface area (Å²) in [5.74, 6) is -0.0850. The van der Waals surface area contributed by atoms with Crippen molar-refractivity contribution in [1.29, 1.82) is 0 Å². The van der Waals surface area contributed by atoms with E-state index in [2.05, 4.69) is 0 Å². The highest BCUT2D eigenvalue weighted by Gasteiger charge is 2.25. The van der Waals surface area contributed by atoms with Crippen LogP contribution in [0.5, 0.6) is 5.75 Å². The van der Waals surface area contributed by atoms with Gasteiger partial charge in [0.25, 0.3) is 5.91 Å². The molecule has 2 aromatic rings. The van der Waals surface area contributed by atoms with E-state index in [1.165, 1.54) is 0 Å². The van der Waals surface area contributed by atoms with Gasteiger partial charge in [0.05, 0.1) is 18.3 Å². The van der Waals surface area contributed by atoms with E-state index >= 15 is 0 Å². The maximum absolute atomic E-state index is 12.6. The topological polar surface area (TPSA) is 49.8 Å². The Morgan fingerprint density at radius 1 is 1.33 bits per heavy atom. The molecule has 21 heavy (non-hydrogen) atoms. The van der Waals surface area contributed by atoms with Crippen LogP contribution >= 0.6 is 0 Å². The summed E-state index contributed by atoms with van der Waals surface area (Å²) < 4.78 is 5.59. The standard InChI is InChI=1S/C17H19NO3/c1-2-14-11-18(7-8-21-14)17(20)15-9-12-5-3-4-6-13(12)10-16(15)19/h3-6,9-10,14,19H,2,7-8,11H2,1H3. The van der Waals surface area contributed by atoms with Gasteiger partial charge in [0.2, 0.25) is 0 Å².